The van der Waals surface area contributed by atoms with Crippen LogP contribution in [-0.2, 0) is 0 Å². The predicted octanol–water partition coefficient (Wildman–Crippen LogP) is 2.50. The first kappa shape index (κ1) is 9.54. The van der Waals surface area contributed by atoms with Gasteiger partial charge in [0.25, 0.3) is 0 Å². The largest absolute Gasteiger partial charge is 0.378 e. The van der Waals surface area contributed by atoms with Gasteiger partial charge in [-0.2, -0.15) is 0 Å². The Morgan fingerprint density at radius 2 is 1.80 bits per heavy atom. The minimum absolute atomic E-state index is 0.369. The Labute approximate surface area is 64.7 Å². The summed E-state index contributed by atoms with van der Waals surface area (Å²) >= 11 is 0. The third-order valence-corrected chi connectivity index (χ3v) is 1.36. The second-order valence-electron chi connectivity index (χ2n) is 4.15. The van der Waals surface area contributed by atoms with Gasteiger partial charge in [0.1, 0.15) is 0 Å². The molecule has 10 heavy (non-hydrogen) atoms. The second kappa shape index (κ2) is 3.09. The van der Waals surface area contributed by atoms with Gasteiger partial charge >= 0.3 is 0 Å². The van der Waals surface area contributed by atoms with Crippen molar-refractivity contribution in [3.05, 3.63) is 12.3 Å². The van der Waals surface area contributed by atoms with Gasteiger partial charge in [0.15, 0.2) is 0 Å². The summed E-state index contributed by atoms with van der Waals surface area (Å²) in [5, 5.41) is 0. The molecule has 0 bridgehead atoms. The van der Waals surface area contributed by atoms with E-state index in [9.17, 15) is 0 Å². The van der Waals surface area contributed by atoms with Crippen molar-refractivity contribution in [2.24, 2.45) is 5.41 Å². The van der Waals surface area contributed by atoms with E-state index >= 15 is 0 Å². The predicted molar refractivity (Wildman–Crippen MR) is 46.9 cm³/mol. The van der Waals surface area contributed by atoms with Gasteiger partial charge in [-0.05, 0) is 12.3 Å². The zero-order chi connectivity index (χ0) is 8.36. The molecule has 0 unspecified atom stereocenters. The van der Waals surface area contributed by atoms with Gasteiger partial charge in [0.05, 0.1) is 0 Å². The molecule has 0 heterocycles. The highest BCUT2D eigenvalue weighted by Gasteiger charge is 2.12. The molecule has 0 saturated carbocycles. The Hall–Kier alpha value is -0.460. The molecule has 0 spiro atoms. The van der Waals surface area contributed by atoms with E-state index < -0.39 is 0 Å². The van der Waals surface area contributed by atoms with E-state index in [0.717, 1.165) is 12.2 Å². The number of hydrogen-bond acceptors (Lipinski definition) is 1. The lowest BCUT2D eigenvalue weighted by atomic mass is 9.96. The third kappa shape index (κ3) is 4.42. The quantitative estimate of drug-likeness (QED) is 0.571. The fraction of sp³-hybridized carbons (Fsp3) is 0.778. The van der Waals surface area contributed by atoms with E-state index in [-0.39, 0.29) is 0 Å². The zero-order valence-electron chi connectivity index (χ0n) is 7.86. The molecule has 0 atom stereocenters. The highest BCUT2D eigenvalue weighted by molar-refractivity contribution is 4.87. The molecular formula is C9H19N. The summed E-state index contributed by atoms with van der Waals surface area (Å²) in [5.41, 5.74) is 1.50. The molecule has 0 aliphatic heterocycles. The van der Waals surface area contributed by atoms with Gasteiger partial charge < -0.3 is 4.90 Å². The van der Waals surface area contributed by atoms with Crippen molar-refractivity contribution >= 4 is 0 Å². The highest BCUT2D eigenvalue weighted by Crippen LogP contribution is 2.15. The standard InChI is InChI=1S/C9H19N/c1-8(2)10(6)7-9(3,4)5/h1,7H2,2-6H3. The Balaban J connectivity index is 3.80. The van der Waals surface area contributed by atoms with Gasteiger partial charge in [0.2, 0.25) is 0 Å². The molecule has 0 saturated heterocycles. The molecule has 0 aliphatic carbocycles. The maximum atomic E-state index is 3.87. The van der Waals surface area contributed by atoms with Gasteiger partial charge in [-0.1, -0.05) is 27.4 Å². The number of hydrogen-bond donors (Lipinski definition) is 0. The maximum absolute atomic E-state index is 3.87. The van der Waals surface area contributed by atoms with Gasteiger partial charge in [-0.25, -0.2) is 0 Å². The summed E-state index contributed by atoms with van der Waals surface area (Å²) in [6.07, 6.45) is 0. The Morgan fingerprint density at radius 1 is 1.40 bits per heavy atom. The average Bonchev–Trinajstić information content (AvgIpc) is 1.60. The summed E-state index contributed by atoms with van der Waals surface area (Å²) < 4.78 is 0. The molecule has 0 rings (SSSR count). The monoisotopic (exact) mass is 141 g/mol. The van der Waals surface area contributed by atoms with Crippen LogP contribution in [0.4, 0.5) is 0 Å². The topological polar surface area (TPSA) is 3.24 Å². The molecule has 0 N–H and O–H groups in total. The highest BCUT2D eigenvalue weighted by atomic mass is 15.1. The molecular weight excluding hydrogens is 122 g/mol. The van der Waals surface area contributed by atoms with Crippen molar-refractivity contribution in [1.82, 2.24) is 4.90 Å². The van der Waals surface area contributed by atoms with E-state index in [1.54, 1.807) is 0 Å². The van der Waals surface area contributed by atoms with Gasteiger partial charge in [0, 0.05) is 19.3 Å². The SMILES string of the molecule is C=C(C)N(C)CC(C)(C)C. The molecule has 0 amide bonds. The fourth-order valence-electron chi connectivity index (χ4n) is 0.846. The maximum Gasteiger partial charge on any atom is 0.0220 e. The van der Waals surface area contributed by atoms with Crippen molar-refractivity contribution in [2.45, 2.75) is 27.7 Å². The van der Waals surface area contributed by atoms with Gasteiger partial charge in [-0.15, -0.1) is 0 Å². The molecule has 1 heteroatoms. The summed E-state index contributed by atoms with van der Waals surface area (Å²) in [7, 11) is 2.08. The molecule has 0 radical (unpaired) electrons. The van der Waals surface area contributed by atoms with Crippen LogP contribution in [0.2, 0.25) is 0 Å². The van der Waals surface area contributed by atoms with Crippen LogP contribution in [0, 0.1) is 5.41 Å². The fourth-order valence-corrected chi connectivity index (χ4v) is 0.846. The average molecular weight is 141 g/mol. The summed E-state index contributed by atoms with van der Waals surface area (Å²) in [6.45, 7) is 13.7. The minimum Gasteiger partial charge on any atom is -0.378 e. The van der Waals surface area contributed by atoms with E-state index in [1.807, 2.05) is 6.92 Å². The Morgan fingerprint density at radius 3 is 1.90 bits per heavy atom. The van der Waals surface area contributed by atoms with Crippen LogP contribution in [0.5, 0.6) is 0 Å². The van der Waals surface area contributed by atoms with E-state index in [1.165, 1.54) is 0 Å². The molecule has 60 valence electrons. The first-order chi connectivity index (χ1) is 4.33. The smallest absolute Gasteiger partial charge is 0.0220 e. The molecule has 0 aromatic rings. The third-order valence-electron chi connectivity index (χ3n) is 1.36. The molecule has 0 aromatic carbocycles. The van der Waals surface area contributed by atoms with E-state index in [2.05, 4.69) is 39.3 Å². The van der Waals surface area contributed by atoms with Crippen molar-refractivity contribution in [3.8, 4) is 0 Å². The molecule has 0 fully saturated rings. The summed E-state index contributed by atoms with van der Waals surface area (Å²) in [5.74, 6) is 0. The number of rotatable bonds is 2. The van der Waals surface area contributed by atoms with Crippen LogP contribution >= 0.6 is 0 Å². The molecule has 0 aliphatic rings. The number of allylic oxidation sites excluding steroid dienone is 1. The summed E-state index contributed by atoms with van der Waals surface area (Å²) in [6, 6.07) is 0. The van der Waals surface area contributed by atoms with E-state index in [0.29, 0.717) is 5.41 Å². The normalized spacial score (nSPS) is 11.3. The van der Waals surface area contributed by atoms with Crippen molar-refractivity contribution < 1.29 is 0 Å². The van der Waals surface area contributed by atoms with Crippen LogP contribution in [0.3, 0.4) is 0 Å². The van der Waals surface area contributed by atoms with Crippen LogP contribution in [0.15, 0.2) is 12.3 Å². The Bertz CT molecular complexity index is 119. The lowest BCUT2D eigenvalue weighted by Crippen LogP contribution is -2.27. The van der Waals surface area contributed by atoms with Crippen LogP contribution in [0.25, 0.3) is 0 Å². The second-order valence-corrected chi connectivity index (χ2v) is 4.15. The van der Waals surface area contributed by atoms with Crippen LogP contribution < -0.4 is 0 Å². The first-order valence-corrected chi connectivity index (χ1v) is 3.69. The van der Waals surface area contributed by atoms with Crippen LogP contribution in [0.1, 0.15) is 27.7 Å². The first-order valence-electron chi connectivity index (χ1n) is 3.69. The van der Waals surface area contributed by atoms with Gasteiger partial charge in [-0.3, -0.25) is 0 Å². The van der Waals surface area contributed by atoms with Crippen LogP contribution in [-0.4, -0.2) is 18.5 Å². The minimum atomic E-state index is 0.369. The van der Waals surface area contributed by atoms with Crippen molar-refractivity contribution in [1.29, 1.82) is 0 Å². The lowest BCUT2D eigenvalue weighted by Gasteiger charge is -2.28. The van der Waals surface area contributed by atoms with Crippen molar-refractivity contribution in [3.63, 3.8) is 0 Å². The van der Waals surface area contributed by atoms with E-state index in [4.69, 9.17) is 0 Å². The Kier molecular flexibility index (Phi) is 2.95. The lowest BCUT2D eigenvalue weighted by molar-refractivity contribution is 0.270. The zero-order valence-corrected chi connectivity index (χ0v) is 7.86. The molecule has 0 aromatic heterocycles. The molecule has 1 nitrogen and oxygen atoms in total. The summed E-state index contributed by atoms with van der Waals surface area (Å²) in [4.78, 5) is 2.18. The van der Waals surface area contributed by atoms with Crippen molar-refractivity contribution in [2.75, 3.05) is 13.6 Å². The number of nitrogens with zero attached hydrogens (tertiary/aromatic N) is 1.